The van der Waals surface area contributed by atoms with Crippen molar-refractivity contribution in [3.8, 4) is 11.6 Å². The van der Waals surface area contributed by atoms with E-state index in [2.05, 4.69) is 45.5 Å². The van der Waals surface area contributed by atoms with E-state index >= 15 is 0 Å². The predicted molar refractivity (Wildman–Crippen MR) is 97.2 cm³/mol. The standard InChI is InChI=1S/C19H29N5O/c1-4-15(2)12-23-9-7-19(8-10-23)14-22(3)13-17-20-21-18(24(17)19)16-6-5-11-25-16/h5-6,11,15H,4,7-10,12-14H2,1-3H3/t15-/m1/s1. The van der Waals surface area contributed by atoms with Crippen molar-refractivity contribution in [3.05, 3.63) is 24.2 Å². The summed E-state index contributed by atoms with van der Waals surface area (Å²) in [6.07, 6.45) is 5.26. The minimum atomic E-state index is 0.0832. The van der Waals surface area contributed by atoms with Crippen molar-refractivity contribution in [2.24, 2.45) is 5.92 Å². The Labute approximate surface area is 149 Å². The number of hydrogen-bond donors (Lipinski definition) is 0. The second-order valence-corrected chi connectivity index (χ2v) is 7.96. The van der Waals surface area contributed by atoms with Gasteiger partial charge in [-0.05, 0) is 37.9 Å². The first-order valence-corrected chi connectivity index (χ1v) is 9.51. The third-order valence-electron chi connectivity index (χ3n) is 5.98. The molecule has 1 atom stereocenters. The summed E-state index contributed by atoms with van der Waals surface area (Å²) in [4.78, 5) is 5.02. The molecule has 0 bridgehead atoms. The fourth-order valence-corrected chi connectivity index (χ4v) is 4.46. The van der Waals surface area contributed by atoms with Crippen molar-refractivity contribution in [3.63, 3.8) is 0 Å². The Morgan fingerprint density at radius 2 is 2.08 bits per heavy atom. The Morgan fingerprint density at radius 1 is 1.28 bits per heavy atom. The van der Waals surface area contributed by atoms with Gasteiger partial charge in [-0.15, -0.1) is 10.2 Å². The average molecular weight is 343 g/mol. The topological polar surface area (TPSA) is 50.3 Å². The molecule has 136 valence electrons. The van der Waals surface area contributed by atoms with Gasteiger partial charge >= 0.3 is 0 Å². The van der Waals surface area contributed by atoms with Gasteiger partial charge in [0.15, 0.2) is 11.6 Å². The lowest BCUT2D eigenvalue weighted by atomic mass is 9.84. The number of likely N-dealkylation sites (tertiary alicyclic amines) is 1. The van der Waals surface area contributed by atoms with Crippen molar-refractivity contribution in [2.75, 3.05) is 33.2 Å². The van der Waals surface area contributed by atoms with Crippen molar-refractivity contribution in [2.45, 2.75) is 45.2 Å². The maximum atomic E-state index is 5.65. The monoisotopic (exact) mass is 343 g/mol. The van der Waals surface area contributed by atoms with Crippen LogP contribution in [0.25, 0.3) is 11.6 Å². The van der Waals surface area contributed by atoms with Crippen LogP contribution in [-0.4, -0.2) is 57.8 Å². The maximum Gasteiger partial charge on any atom is 0.200 e. The minimum Gasteiger partial charge on any atom is -0.461 e. The zero-order valence-electron chi connectivity index (χ0n) is 15.6. The molecular formula is C19H29N5O. The molecule has 2 aliphatic heterocycles. The molecule has 0 N–H and O–H groups in total. The third-order valence-corrected chi connectivity index (χ3v) is 5.98. The van der Waals surface area contributed by atoms with Crippen LogP contribution in [0.3, 0.4) is 0 Å². The van der Waals surface area contributed by atoms with Gasteiger partial charge in [-0.1, -0.05) is 20.3 Å². The highest BCUT2D eigenvalue weighted by Gasteiger charge is 2.43. The molecule has 1 saturated heterocycles. The van der Waals surface area contributed by atoms with Gasteiger partial charge in [-0.25, -0.2) is 0 Å². The van der Waals surface area contributed by atoms with Gasteiger partial charge in [0.2, 0.25) is 0 Å². The van der Waals surface area contributed by atoms with Crippen LogP contribution in [0.4, 0.5) is 0 Å². The van der Waals surface area contributed by atoms with Gasteiger partial charge < -0.3 is 9.32 Å². The number of nitrogens with zero attached hydrogens (tertiary/aromatic N) is 5. The van der Waals surface area contributed by atoms with Crippen molar-refractivity contribution in [1.29, 1.82) is 0 Å². The molecule has 0 aromatic carbocycles. The number of piperidine rings is 1. The largest absolute Gasteiger partial charge is 0.461 e. The molecule has 0 radical (unpaired) electrons. The summed E-state index contributed by atoms with van der Waals surface area (Å²) in [5.74, 6) is 3.55. The van der Waals surface area contributed by atoms with Crippen LogP contribution in [0.5, 0.6) is 0 Å². The molecule has 0 saturated carbocycles. The van der Waals surface area contributed by atoms with E-state index in [-0.39, 0.29) is 5.54 Å². The van der Waals surface area contributed by atoms with Crippen molar-refractivity contribution in [1.82, 2.24) is 24.6 Å². The van der Waals surface area contributed by atoms with Gasteiger partial charge in [0.25, 0.3) is 0 Å². The first kappa shape index (κ1) is 16.8. The summed E-state index contributed by atoms with van der Waals surface area (Å²) >= 11 is 0. The van der Waals surface area contributed by atoms with Crippen LogP contribution in [0.15, 0.2) is 22.8 Å². The SMILES string of the molecule is CC[C@@H](C)CN1CCC2(CC1)CN(C)Cc1nnc(-c3ccco3)n12. The number of rotatable bonds is 4. The van der Waals surface area contributed by atoms with E-state index in [1.165, 1.54) is 13.0 Å². The van der Waals surface area contributed by atoms with Crippen LogP contribution in [0, 0.1) is 5.92 Å². The van der Waals surface area contributed by atoms with Gasteiger partial charge in [-0.2, -0.15) is 0 Å². The minimum absolute atomic E-state index is 0.0832. The quantitative estimate of drug-likeness (QED) is 0.854. The van der Waals surface area contributed by atoms with Gasteiger partial charge in [0.05, 0.1) is 18.3 Å². The highest BCUT2D eigenvalue weighted by molar-refractivity contribution is 5.48. The number of furan rings is 1. The van der Waals surface area contributed by atoms with E-state index in [0.717, 1.165) is 62.3 Å². The molecule has 2 aliphatic rings. The molecule has 25 heavy (non-hydrogen) atoms. The first-order chi connectivity index (χ1) is 12.1. The molecule has 4 heterocycles. The normalized spacial score (nSPS) is 22.2. The smallest absolute Gasteiger partial charge is 0.200 e. The van der Waals surface area contributed by atoms with E-state index in [1.807, 2.05) is 12.1 Å². The molecular weight excluding hydrogens is 314 g/mol. The second kappa shape index (κ2) is 6.57. The summed E-state index contributed by atoms with van der Waals surface area (Å²) in [7, 11) is 2.19. The van der Waals surface area contributed by atoms with E-state index in [4.69, 9.17) is 4.42 Å². The van der Waals surface area contributed by atoms with Crippen LogP contribution in [0.1, 0.15) is 38.9 Å². The molecule has 6 nitrogen and oxygen atoms in total. The van der Waals surface area contributed by atoms with Gasteiger partial charge in [-0.3, -0.25) is 9.47 Å². The Balaban J connectivity index is 1.63. The Bertz CT molecular complexity index is 699. The maximum absolute atomic E-state index is 5.65. The fourth-order valence-electron chi connectivity index (χ4n) is 4.46. The zero-order chi connectivity index (χ0) is 17.4. The lowest BCUT2D eigenvalue weighted by molar-refractivity contribution is 0.0465. The number of likely N-dealkylation sites (N-methyl/N-ethyl adjacent to an activating group) is 1. The summed E-state index contributed by atoms with van der Waals surface area (Å²) in [5.41, 5.74) is 0.0832. The van der Waals surface area contributed by atoms with Gasteiger partial charge in [0, 0.05) is 26.2 Å². The summed E-state index contributed by atoms with van der Waals surface area (Å²) < 4.78 is 8.04. The molecule has 4 rings (SSSR count). The summed E-state index contributed by atoms with van der Waals surface area (Å²) in [6, 6.07) is 3.91. The Morgan fingerprint density at radius 3 is 2.76 bits per heavy atom. The van der Waals surface area contributed by atoms with Crippen LogP contribution in [0.2, 0.25) is 0 Å². The zero-order valence-corrected chi connectivity index (χ0v) is 15.6. The molecule has 0 amide bonds. The second-order valence-electron chi connectivity index (χ2n) is 7.96. The van der Waals surface area contributed by atoms with Gasteiger partial charge in [0.1, 0.15) is 5.82 Å². The molecule has 0 aliphatic carbocycles. The van der Waals surface area contributed by atoms with Crippen LogP contribution < -0.4 is 0 Å². The van der Waals surface area contributed by atoms with Crippen LogP contribution >= 0.6 is 0 Å². The highest BCUT2D eigenvalue weighted by atomic mass is 16.3. The number of fused-ring (bicyclic) bond motifs is 2. The van der Waals surface area contributed by atoms with E-state index < -0.39 is 0 Å². The highest BCUT2D eigenvalue weighted by Crippen LogP contribution is 2.39. The molecule has 2 aromatic rings. The number of aromatic nitrogens is 3. The molecule has 1 spiro atoms. The molecule has 1 fully saturated rings. The van der Waals surface area contributed by atoms with Crippen LogP contribution in [-0.2, 0) is 12.1 Å². The van der Waals surface area contributed by atoms with Crippen molar-refractivity contribution < 1.29 is 4.42 Å². The first-order valence-electron chi connectivity index (χ1n) is 9.51. The lowest BCUT2D eigenvalue weighted by Gasteiger charge is -2.48. The predicted octanol–water partition coefficient (Wildman–Crippen LogP) is 2.82. The summed E-state index contributed by atoms with van der Waals surface area (Å²) in [5, 5.41) is 8.97. The van der Waals surface area contributed by atoms with E-state index in [1.54, 1.807) is 6.26 Å². The lowest BCUT2D eigenvalue weighted by Crippen LogP contribution is -2.55. The van der Waals surface area contributed by atoms with Crippen molar-refractivity contribution >= 4 is 0 Å². The van der Waals surface area contributed by atoms with E-state index in [0.29, 0.717) is 0 Å². The summed E-state index contributed by atoms with van der Waals surface area (Å²) in [6.45, 7) is 10.1. The Hall–Kier alpha value is -1.66. The average Bonchev–Trinajstić information content (AvgIpc) is 3.26. The van der Waals surface area contributed by atoms with E-state index in [9.17, 15) is 0 Å². The fraction of sp³-hybridized carbons (Fsp3) is 0.684. The Kier molecular flexibility index (Phi) is 4.41. The molecule has 0 unspecified atom stereocenters. The molecule has 2 aromatic heterocycles. The molecule has 6 heteroatoms. The number of hydrogen-bond acceptors (Lipinski definition) is 5. The third kappa shape index (κ3) is 3.02.